The number of fused-ring (bicyclic) bond motifs is 1. The Hall–Kier alpha value is -2.27. The second-order valence-corrected chi connectivity index (χ2v) is 4.85. The summed E-state index contributed by atoms with van der Waals surface area (Å²) in [5.41, 5.74) is 9.94. The first kappa shape index (κ1) is 12.7. The van der Waals surface area contributed by atoms with E-state index in [9.17, 15) is 4.39 Å². The van der Waals surface area contributed by atoms with Crippen molar-refractivity contribution < 1.29 is 4.39 Å². The standard InChI is InChI=1S/C15H15FN4/c1-9-5-12-13(6-10(9)2)20(8-19-12)15-14(16)11(7-17)3-4-18-15/h3-6,8H,7,17H2,1-2H3. The topological polar surface area (TPSA) is 56.7 Å². The summed E-state index contributed by atoms with van der Waals surface area (Å²) >= 11 is 0. The minimum Gasteiger partial charge on any atom is -0.326 e. The highest BCUT2D eigenvalue weighted by atomic mass is 19.1. The van der Waals surface area contributed by atoms with E-state index >= 15 is 0 Å². The maximum absolute atomic E-state index is 14.4. The lowest BCUT2D eigenvalue weighted by Crippen LogP contribution is -2.06. The highest BCUT2D eigenvalue weighted by Crippen LogP contribution is 2.23. The summed E-state index contributed by atoms with van der Waals surface area (Å²) in [6.07, 6.45) is 3.16. The van der Waals surface area contributed by atoms with Gasteiger partial charge in [-0.15, -0.1) is 0 Å². The molecule has 20 heavy (non-hydrogen) atoms. The molecule has 0 bridgehead atoms. The number of pyridine rings is 1. The van der Waals surface area contributed by atoms with Gasteiger partial charge in [-0.1, -0.05) is 0 Å². The molecule has 0 aliphatic heterocycles. The lowest BCUT2D eigenvalue weighted by atomic mass is 10.1. The Balaban J connectivity index is 2.28. The molecule has 4 nitrogen and oxygen atoms in total. The van der Waals surface area contributed by atoms with Crippen LogP contribution in [0.2, 0.25) is 0 Å². The van der Waals surface area contributed by atoms with Gasteiger partial charge in [-0.2, -0.15) is 0 Å². The minimum absolute atomic E-state index is 0.145. The third-order valence-corrected chi connectivity index (χ3v) is 3.56. The van der Waals surface area contributed by atoms with Crippen LogP contribution in [0.15, 0.2) is 30.7 Å². The molecule has 0 aliphatic rings. The fourth-order valence-corrected chi connectivity index (χ4v) is 2.23. The Labute approximate surface area is 116 Å². The number of rotatable bonds is 2. The van der Waals surface area contributed by atoms with E-state index in [1.807, 2.05) is 26.0 Å². The van der Waals surface area contributed by atoms with Gasteiger partial charge >= 0.3 is 0 Å². The van der Waals surface area contributed by atoms with Crippen LogP contribution in [0.4, 0.5) is 4.39 Å². The summed E-state index contributed by atoms with van der Waals surface area (Å²) in [6.45, 7) is 4.19. The third-order valence-electron chi connectivity index (χ3n) is 3.56. The van der Waals surface area contributed by atoms with Crippen LogP contribution in [-0.4, -0.2) is 14.5 Å². The van der Waals surface area contributed by atoms with Gasteiger partial charge in [-0.05, 0) is 43.2 Å². The molecule has 2 N–H and O–H groups in total. The van der Waals surface area contributed by atoms with Gasteiger partial charge in [-0.25, -0.2) is 14.4 Å². The van der Waals surface area contributed by atoms with Gasteiger partial charge in [0, 0.05) is 18.3 Å². The molecule has 2 aromatic heterocycles. The van der Waals surface area contributed by atoms with Crippen molar-refractivity contribution in [3.05, 3.63) is 53.2 Å². The number of hydrogen-bond acceptors (Lipinski definition) is 3. The molecule has 1 aromatic carbocycles. The second-order valence-electron chi connectivity index (χ2n) is 4.85. The van der Waals surface area contributed by atoms with Crippen LogP contribution < -0.4 is 5.73 Å². The van der Waals surface area contributed by atoms with Crippen molar-refractivity contribution in [2.24, 2.45) is 5.73 Å². The van der Waals surface area contributed by atoms with Crippen LogP contribution in [0, 0.1) is 19.7 Å². The van der Waals surface area contributed by atoms with Crippen LogP contribution in [0.5, 0.6) is 0 Å². The fraction of sp³-hybridized carbons (Fsp3) is 0.200. The van der Waals surface area contributed by atoms with Crippen molar-refractivity contribution >= 4 is 11.0 Å². The Morgan fingerprint density at radius 3 is 2.70 bits per heavy atom. The maximum Gasteiger partial charge on any atom is 0.175 e. The Bertz CT molecular complexity index is 792. The van der Waals surface area contributed by atoms with Gasteiger partial charge in [0.05, 0.1) is 11.0 Å². The van der Waals surface area contributed by atoms with E-state index in [4.69, 9.17) is 5.73 Å². The van der Waals surface area contributed by atoms with Crippen molar-refractivity contribution in [2.75, 3.05) is 0 Å². The van der Waals surface area contributed by atoms with E-state index in [1.165, 1.54) is 0 Å². The smallest absolute Gasteiger partial charge is 0.175 e. The van der Waals surface area contributed by atoms with E-state index in [0.717, 1.165) is 22.2 Å². The minimum atomic E-state index is -0.396. The molecular formula is C15H15FN4. The largest absolute Gasteiger partial charge is 0.326 e. The molecular weight excluding hydrogens is 255 g/mol. The Kier molecular flexibility index (Phi) is 2.99. The summed E-state index contributed by atoms with van der Waals surface area (Å²) in [5.74, 6) is -0.161. The van der Waals surface area contributed by atoms with Crippen molar-refractivity contribution in [3.63, 3.8) is 0 Å². The average Bonchev–Trinajstić information content (AvgIpc) is 2.82. The molecule has 0 saturated carbocycles. The van der Waals surface area contributed by atoms with Gasteiger partial charge in [0.15, 0.2) is 11.6 Å². The fourth-order valence-electron chi connectivity index (χ4n) is 2.23. The molecule has 3 aromatic rings. The predicted octanol–water partition coefficient (Wildman–Crippen LogP) is 2.64. The van der Waals surface area contributed by atoms with Gasteiger partial charge in [0.25, 0.3) is 0 Å². The highest BCUT2D eigenvalue weighted by Gasteiger charge is 2.13. The molecule has 0 amide bonds. The molecule has 5 heteroatoms. The Morgan fingerprint density at radius 1 is 1.20 bits per heavy atom. The number of nitrogens with two attached hydrogens (primary N) is 1. The number of halogens is 1. The molecule has 0 unspecified atom stereocenters. The number of nitrogens with zero attached hydrogens (tertiary/aromatic N) is 3. The SMILES string of the molecule is Cc1cc2ncn(-c3nccc(CN)c3F)c2cc1C. The zero-order valence-corrected chi connectivity index (χ0v) is 11.4. The summed E-state index contributed by atoms with van der Waals surface area (Å²) in [7, 11) is 0. The van der Waals surface area contributed by atoms with Gasteiger partial charge in [-0.3, -0.25) is 4.57 Å². The van der Waals surface area contributed by atoms with Crippen molar-refractivity contribution in [1.29, 1.82) is 0 Å². The number of benzene rings is 1. The van der Waals surface area contributed by atoms with Crippen molar-refractivity contribution in [3.8, 4) is 5.82 Å². The number of hydrogen-bond donors (Lipinski definition) is 1. The summed E-state index contributed by atoms with van der Waals surface area (Å²) in [4.78, 5) is 8.44. The molecule has 0 aliphatic carbocycles. The normalized spacial score (nSPS) is 11.2. The number of aryl methyl sites for hydroxylation is 2. The highest BCUT2D eigenvalue weighted by molar-refractivity contribution is 5.79. The van der Waals surface area contributed by atoms with E-state index < -0.39 is 5.82 Å². The summed E-state index contributed by atoms with van der Waals surface area (Å²) in [6, 6.07) is 5.58. The van der Waals surface area contributed by atoms with Crippen molar-refractivity contribution in [1.82, 2.24) is 14.5 Å². The van der Waals surface area contributed by atoms with Crippen molar-refractivity contribution in [2.45, 2.75) is 20.4 Å². The molecule has 0 fully saturated rings. The molecule has 0 saturated heterocycles. The van der Waals surface area contributed by atoms with Gasteiger partial charge < -0.3 is 5.73 Å². The van der Waals surface area contributed by atoms with Crippen LogP contribution in [0.3, 0.4) is 0 Å². The summed E-state index contributed by atoms with van der Waals surface area (Å²) in [5, 5.41) is 0. The Morgan fingerprint density at radius 2 is 1.95 bits per heavy atom. The monoisotopic (exact) mass is 270 g/mol. The molecule has 0 spiro atoms. The van der Waals surface area contributed by atoms with Crippen LogP contribution in [0.1, 0.15) is 16.7 Å². The van der Waals surface area contributed by atoms with E-state index in [2.05, 4.69) is 9.97 Å². The first-order valence-corrected chi connectivity index (χ1v) is 6.40. The zero-order chi connectivity index (χ0) is 14.3. The molecule has 3 rings (SSSR count). The third kappa shape index (κ3) is 1.87. The molecule has 102 valence electrons. The van der Waals surface area contributed by atoms with Gasteiger partial charge in [0.2, 0.25) is 0 Å². The first-order chi connectivity index (χ1) is 9.61. The van der Waals surface area contributed by atoms with E-state index in [-0.39, 0.29) is 12.4 Å². The molecule has 0 atom stereocenters. The van der Waals surface area contributed by atoms with E-state index in [0.29, 0.717) is 5.56 Å². The lowest BCUT2D eigenvalue weighted by molar-refractivity contribution is 0.594. The average molecular weight is 270 g/mol. The number of imidazole rings is 1. The first-order valence-electron chi connectivity index (χ1n) is 6.40. The second kappa shape index (κ2) is 4.68. The zero-order valence-electron chi connectivity index (χ0n) is 11.4. The van der Waals surface area contributed by atoms with E-state index in [1.54, 1.807) is 23.2 Å². The van der Waals surface area contributed by atoms with Crippen LogP contribution in [0.25, 0.3) is 16.9 Å². The van der Waals surface area contributed by atoms with Crippen LogP contribution >= 0.6 is 0 Å². The van der Waals surface area contributed by atoms with Crippen LogP contribution in [-0.2, 0) is 6.54 Å². The molecule has 2 heterocycles. The lowest BCUT2D eigenvalue weighted by Gasteiger charge is -2.08. The maximum atomic E-state index is 14.4. The summed E-state index contributed by atoms with van der Waals surface area (Å²) < 4.78 is 16.0. The molecule has 0 radical (unpaired) electrons. The quantitative estimate of drug-likeness (QED) is 0.778. The van der Waals surface area contributed by atoms with Gasteiger partial charge in [0.1, 0.15) is 6.33 Å². The number of aromatic nitrogens is 3. The predicted molar refractivity (Wildman–Crippen MR) is 76.2 cm³/mol.